The first-order valence-corrected chi connectivity index (χ1v) is 10.7. The lowest BCUT2D eigenvalue weighted by Gasteiger charge is -2.29. The Morgan fingerprint density at radius 1 is 1.18 bits per heavy atom. The zero-order chi connectivity index (χ0) is 24.4. The summed E-state index contributed by atoms with van der Waals surface area (Å²) in [5.74, 6) is 0.0255. The second kappa shape index (κ2) is 9.28. The molecule has 2 heterocycles. The number of carbonyl (C=O) groups excluding carboxylic acids is 2. The normalized spacial score (nSPS) is 14.9. The third kappa shape index (κ3) is 4.44. The second-order valence-corrected chi connectivity index (χ2v) is 7.73. The number of ether oxygens (including phenoxy) is 1. The fraction of sp³-hybridized carbons (Fsp3) is 0.125. The van der Waals surface area contributed by atoms with Crippen molar-refractivity contribution in [2.75, 3.05) is 11.5 Å². The number of benzene rings is 2. The number of nitrogens with zero attached hydrogens (tertiary/aromatic N) is 2. The zero-order valence-corrected chi connectivity index (χ0v) is 19.0. The molecule has 10 heteroatoms. The van der Waals surface area contributed by atoms with Gasteiger partial charge in [-0.3, -0.25) is 29.9 Å². The van der Waals surface area contributed by atoms with E-state index in [1.54, 1.807) is 49.4 Å². The molecule has 0 atom stereocenters. The molecule has 34 heavy (non-hydrogen) atoms. The van der Waals surface area contributed by atoms with Crippen molar-refractivity contribution in [2.45, 2.75) is 13.8 Å². The molecule has 0 unspecified atom stereocenters. The molecule has 2 amide bonds. The largest absolute Gasteiger partial charge is 0.494 e. The van der Waals surface area contributed by atoms with Crippen LogP contribution in [0.1, 0.15) is 18.2 Å². The van der Waals surface area contributed by atoms with Crippen LogP contribution in [0.2, 0.25) is 0 Å². The Hall–Kier alpha value is -4.31. The highest BCUT2D eigenvalue weighted by Crippen LogP contribution is 2.30. The van der Waals surface area contributed by atoms with Crippen molar-refractivity contribution in [1.29, 1.82) is 0 Å². The van der Waals surface area contributed by atoms with Gasteiger partial charge in [0.15, 0.2) is 5.11 Å². The molecule has 1 aliphatic heterocycles. The van der Waals surface area contributed by atoms with E-state index in [0.717, 1.165) is 0 Å². The molecule has 0 bridgehead atoms. The van der Waals surface area contributed by atoms with Crippen molar-refractivity contribution in [3.8, 4) is 17.1 Å². The first-order valence-electron chi connectivity index (χ1n) is 10.3. The second-order valence-electron chi connectivity index (χ2n) is 7.35. The lowest BCUT2D eigenvalue weighted by Crippen LogP contribution is -2.54. The van der Waals surface area contributed by atoms with Crippen molar-refractivity contribution >= 4 is 46.6 Å². The van der Waals surface area contributed by atoms with Crippen LogP contribution < -0.4 is 15.0 Å². The minimum atomic E-state index is -0.642. The third-order valence-corrected chi connectivity index (χ3v) is 5.37. The van der Waals surface area contributed by atoms with Gasteiger partial charge in [-0.05, 0) is 68.0 Å². The van der Waals surface area contributed by atoms with Crippen LogP contribution in [0.25, 0.3) is 17.4 Å². The van der Waals surface area contributed by atoms with Crippen LogP contribution in [-0.4, -0.2) is 28.5 Å². The molecule has 1 saturated heterocycles. The van der Waals surface area contributed by atoms with E-state index < -0.39 is 16.7 Å². The van der Waals surface area contributed by atoms with Gasteiger partial charge in [0.25, 0.3) is 17.5 Å². The minimum Gasteiger partial charge on any atom is -0.494 e. The number of hydrogen-bond donors (Lipinski definition) is 1. The molecule has 1 aromatic heterocycles. The quantitative estimate of drug-likeness (QED) is 0.184. The van der Waals surface area contributed by atoms with Crippen molar-refractivity contribution in [1.82, 2.24) is 5.32 Å². The molecule has 0 radical (unpaired) electrons. The molecule has 0 saturated carbocycles. The molecule has 0 aliphatic carbocycles. The van der Waals surface area contributed by atoms with E-state index in [4.69, 9.17) is 21.4 Å². The monoisotopic (exact) mass is 477 g/mol. The summed E-state index contributed by atoms with van der Waals surface area (Å²) in [4.78, 5) is 37.5. The predicted octanol–water partition coefficient (Wildman–Crippen LogP) is 4.39. The number of aryl methyl sites for hydroxylation is 1. The van der Waals surface area contributed by atoms with Gasteiger partial charge in [-0.15, -0.1) is 0 Å². The van der Waals surface area contributed by atoms with E-state index in [9.17, 15) is 19.7 Å². The molecule has 9 nitrogen and oxygen atoms in total. The first kappa shape index (κ1) is 22.9. The van der Waals surface area contributed by atoms with Crippen molar-refractivity contribution in [3.63, 3.8) is 0 Å². The topological polar surface area (TPSA) is 115 Å². The standard InChI is InChI=1S/C24H19N3O6S/c1-3-32-17-6-4-5-15(12-17)26-23(29)20(22(28)25-24(26)34)13-18-8-10-21(33-18)19-9-7-16(27(30)31)11-14(19)2/h4-13H,3H2,1-2H3,(H,25,28,34)/b20-13-. The molecular weight excluding hydrogens is 458 g/mol. The third-order valence-electron chi connectivity index (χ3n) is 5.09. The Morgan fingerprint density at radius 3 is 2.68 bits per heavy atom. The molecular formula is C24H19N3O6S. The lowest BCUT2D eigenvalue weighted by molar-refractivity contribution is -0.384. The number of rotatable bonds is 6. The fourth-order valence-electron chi connectivity index (χ4n) is 3.53. The summed E-state index contributed by atoms with van der Waals surface area (Å²) in [5, 5.41) is 13.5. The summed E-state index contributed by atoms with van der Waals surface area (Å²) >= 11 is 5.23. The number of nitro benzene ring substituents is 1. The van der Waals surface area contributed by atoms with Crippen LogP contribution in [0.3, 0.4) is 0 Å². The summed E-state index contributed by atoms with van der Waals surface area (Å²) in [6.45, 7) is 4.04. The van der Waals surface area contributed by atoms with Gasteiger partial charge in [0.2, 0.25) is 0 Å². The Kier molecular flexibility index (Phi) is 6.24. The van der Waals surface area contributed by atoms with Gasteiger partial charge in [-0.2, -0.15) is 0 Å². The van der Waals surface area contributed by atoms with E-state index in [0.29, 0.717) is 34.9 Å². The number of thiocarbonyl (C=S) groups is 1. The number of amides is 2. The molecule has 0 spiro atoms. The van der Waals surface area contributed by atoms with E-state index in [1.165, 1.54) is 23.1 Å². The number of carbonyl (C=O) groups is 2. The smallest absolute Gasteiger partial charge is 0.270 e. The Morgan fingerprint density at radius 2 is 1.97 bits per heavy atom. The summed E-state index contributed by atoms with van der Waals surface area (Å²) in [7, 11) is 0. The molecule has 3 aromatic rings. The Labute approximate surface area is 199 Å². The SMILES string of the molecule is CCOc1cccc(N2C(=O)/C(=C\c3ccc(-c4ccc([N+](=O)[O-])cc4C)o3)C(=O)NC2=S)c1. The highest BCUT2D eigenvalue weighted by atomic mass is 32.1. The number of hydrogen-bond acceptors (Lipinski definition) is 7. The van der Waals surface area contributed by atoms with Gasteiger partial charge in [-0.25, -0.2) is 0 Å². The fourth-order valence-corrected chi connectivity index (χ4v) is 3.81. The molecule has 2 aromatic carbocycles. The van der Waals surface area contributed by atoms with Gasteiger partial charge in [-0.1, -0.05) is 6.07 Å². The van der Waals surface area contributed by atoms with E-state index in [2.05, 4.69) is 5.32 Å². The average molecular weight is 477 g/mol. The molecule has 4 rings (SSSR count). The number of furan rings is 1. The summed E-state index contributed by atoms with van der Waals surface area (Å²) in [6.07, 6.45) is 1.34. The molecule has 1 N–H and O–H groups in total. The summed E-state index contributed by atoms with van der Waals surface area (Å²) in [5.41, 5.74) is 1.58. The first-order chi connectivity index (χ1) is 16.3. The van der Waals surface area contributed by atoms with Gasteiger partial charge in [0.1, 0.15) is 22.8 Å². The van der Waals surface area contributed by atoms with Crippen LogP contribution in [0.5, 0.6) is 5.75 Å². The van der Waals surface area contributed by atoms with Crippen molar-refractivity contribution in [3.05, 3.63) is 81.6 Å². The highest BCUT2D eigenvalue weighted by Gasteiger charge is 2.35. The van der Waals surface area contributed by atoms with E-state index >= 15 is 0 Å². The predicted molar refractivity (Wildman–Crippen MR) is 129 cm³/mol. The summed E-state index contributed by atoms with van der Waals surface area (Å²) < 4.78 is 11.3. The van der Waals surface area contributed by atoms with Crippen LogP contribution in [0.4, 0.5) is 11.4 Å². The molecule has 172 valence electrons. The maximum absolute atomic E-state index is 13.2. The highest BCUT2D eigenvalue weighted by molar-refractivity contribution is 7.80. The summed E-state index contributed by atoms with van der Waals surface area (Å²) in [6, 6.07) is 14.5. The van der Waals surface area contributed by atoms with Crippen LogP contribution >= 0.6 is 12.2 Å². The van der Waals surface area contributed by atoms with Crippen LogP contribution in [0.15, 0.2) is 64.6 Å². The van der Waals surface area contributed by atoms with Gasteiger partial charge >= 0.3 is 0 Å². The zero-order valence-electron chi connectivity index (χ0n) is 18.2. The maximum atomic E-state index is 13.2. The maximum Gasteiger partial charge on any atom is 0.270 e. The van der Waals surface area contributed by atoms with Gasteiger partial charge in [0.05, 0.1) is 17.2 Å². The number of nitrogens with one attached hydrogen (secondary N) is 1. The number of non-ortho nitro benzene ring substituents is 1. The average Bonchev–Trinajstić information content (AvgIpc) is 3.25. The number of anilines is 1. The Balaban J connectivity index is 1.65. The van der Waals surface area contributed by atoms with Gasteiger partial charge < -0.3 is 9.15 Å². The molecule has 1 aliphatic rings. The van der Waals surface area contributed by atoms with E-state index in [1.807, 2.05) is 6.92 Å². The van der Waals surface area contributed by atoms with Crippen LogP contribution in [-0.2, 0) is 9.59 Å². The lowest BCUT2D eigenvalue weighted by atomic mass is 10.1. The Bertz CT molecular complexity index is 1360. The van der Waals surface area contributed by atoms with Crippen molar-refractivity contribution < 1.29 is 23.7 Å². The van der Waals surface area contributed by atoms with Crippen LogP contribution in [0, 0.1) is 17.0 Å². The minimum absolute atomic E-state index is 0.0240. The molecule has 1 fully saturated rings. The number of nitro groups is 1. The van der Waals surface area contributed by atoms with E-state index in [-0.39, 0.29) is 22.1 Å². The van der Waals surface area contributed by atoms with Gasteiger partial charge in [0, 0.05) is 23.8 Å². The van der Waals surface area contributed by atoms with Crippen molar-refractivity contribution in [2.24, 2.45) is 0 Å².